The standard InChI is InChI=1S/C32H34N4O3S3/c1-20-8-11-24(12-9-20)42(38,39)36-15-14-25-29(27(40-7)16-21(2)30(25)36)32(6,35-41(37)31(3,4)5)28-18-23-17-22(19-33)10-13-26(23)34-28/h8-17,35H,18H2,1-7H3. The molecule has 0 spiro atoms. The lowest BCUT2D eigenvalue weighted by Crippen LogP contribution is -2.54. The minimum Gasteiger partial charge on any atom is -0.598 e. The Labute approximate surface area is 255 Å². The number of hydrogen-bond acceptors (Lipinski definition) is 7. The molecular weight excluding hydrogens is 585 g/mol. The van der Waals surface area contributed by atoms with Gasteiger partial charge < -0.3 is 4.55 Å². The predicted molar refractivity (Wildman–Crippen MR) is 173 cm³/mol. The monoisotopic (exact) mass is 618 g/mol. The summed E-state index contributed by atoms with van der Waals surface area (Å²) >= 11 is 0.0608. The third-order valence-corrected chi connectivity index (χ3v) is 11.8. The van der Waals surface area contributed by atoms with Crippen molar-refractivity contribution in [2.24, 2.45) is 4.99 Å². The molecule has 3 aromatic carbocycles. The lowest BCUT2D eigenvalue weighted by atomic mass is 9.83. The average Bonchev–Trinajstić information content (AvgIpc) is 3.58. The zero-order valence-corrected chi connectivity index (χ0v) is 27.2. The number of aromatic nitrogens is 1. The highest BCUT2D eigenvalue weighted by Crippen LogP contribution is 2.44. The second-order valence-corrected chi connectivity index (χ2v) is 16.4. The highest BCUT2D eigenvalue weighted by Gasteiger charge is 2.45. The number of nitrogens with zero attached hydrogens (tertiary/aromatic N) is 3. The quantitative estimate of drug-likeness (QED) is 0.183. The number of fused-ring (bicyclic) bond motifs is 2. The van der Waals surface area contributed by atoms with E-state index in [-0.39, 0.29) is 4.90 Å². The molecule has 0 fully saturated rings. The fraction of sp³-hybridized carbons (Fsp3) is 0.312. The van der Waals surface area contributed by atoms with Crippen LogP contribution in [0.2, 0.25) is 0 Å². The summed E-state index contributed by atoms with van der Waals surface area (Å²) in [6.07, 6.45) is 4.04. The van der Waals surface area contributed by atoms with Gasteiger partial charge in [0.1, 0.15) is 10.3 Å². The van der Waals surface area contributed by atoms with E-state index in [0.717, 1.165) is 43.9 Å². The number of aryl methyl sites for hydroxylation is 2. The lowest BCUT2D eigenvalue weighted by molar-refractivity contribution is 0.503. The van der Waals surface area contributed by atoms with Gasteiger partial charge in [-0.3, -0.25) is 4.99 Å². The summed E-state index contributed by atoms with van der Waals surface area (Å²) in [5.41, 5.74) is 5.14. The van der Waals surface area contributed by atoms with Crippen LogP contribution in [0.3, 0.4) is 0 Å². The van der Waals surface area contributed by atoms with Crippen LogP contribution in [-0.2, 0) is 33.3 Å². The lowest BCUT2D eigenvalue weighted by Gasteiger charge is -2.37. The minimum absolute atomic E-state index is 0.208. The highest BCUT2D eigenvalue weighted by molar-refractivity contribution is 7.98. The number of benzene rings is 3. The number of rotatable bonds is 7. The van der Waals surface area contributed by atoms with Crippen LogP contribution in [0.4, 0.5) is 5.69 Å². The van der Waals surface area contributed by atoms with E-state index in [9.17, 15) is 18.2 Å². The molecule has 1 N–H and O–H groups in total. The Morgan fingerprint density at radius 2 is 1.76 bits per heavy atom. The molecule has 0 bridgehead atoms. The van der Waals surface area contributed by atoms with Gasteiger partial charge in [-0.25, -0.2) is 12.4 Å². The Balaban J connectivity index is 1.77. The SMILES string of the molecule is CSc1cc(C)c2c(ccn2S(=O)(=O)c2ccc(C)cc2)c1C(C)(N[S+]([O-])C(C)(C)C)C1=Nc2ccc(C#N)cc2C1. The average molecular weight is 619 g/mol. The Bertz CT molecular complexity index is 1880. The molecule has 2 heterocycles. The molecule has 42 heavy (non-hydrogen) atoms. The summed E-state index contributed by atoms with van der Waals surface area (Å²) in [6, 6.07) is 18.3. The van der Waals surface area contributed by atoms with Crippen LogP contribution in [-0.4, -0.2) is 33.7 Å². The molecule has 2 atom stereocenters. The summed E-state index contributed by atoms with van der Waals surface area (Å²) in [6.45, 7) is 11.5. The van der Waals surface area contributed by atoms with Crippen molar-refractivity contribution in [3.05, 3.63) is 88.6 Å². The van der Waals surface area contributed by atoms with E-state index < -0.39 is 31.7 Å². The molecule has 0 amide bonds. The predicted octanol–water partition coefficient (Wildman–Crippen LogP) is 6.68. The van der Waals surface area contributed by atoms with Crippen LogP contribution in [0.25, 0.3) is 10.9 Å². The molecule has 1 aliphatic rings. The van der Waals surface area contributed by atoms with Crippen molar-refractivity contribution in [2.45, 2.75) is 68.0 Å². The normalized spacial score (nSPS) is 15.6. The van der Waals surface area contributed by atoms with Gasteiger partial charge in [-0.2, -0.15) is 5.26 Å². The first-order chi connectivity index (χ1) is 19.7. The summed E-state index contributed by atoms with van der Waals surface area (Å²) in [4.78, 5) is 6.14. The topological polar surface area (TPSA) is 110 Å². The Morgan fingerprint density at radius 3 is 2.38 bits per heavy atom. The molecular formula is C32H34N4O3S3. The van der Waals surface area contributed by atoms with Gasteiger partial charge in [0.2, 0.25) is 0 Å². The molecule has 5 rings (SSSR count). The minimum atomic E-state index is -3.89. The van der Waals surface area contributed by atoms with Gasteiger partial charge in [-0.15, -0.1) is 16.5 Å². The van der Waals surface area contributed by atoms with Gasteiger partial charge in [0.25, 0.3) is 10.0 Å². The molecule has 2 unspecified atom stereocenters. The Kier molecular flexibility index (Phi) is 7.88. The van der Waals surface area contributed by atoms with Crippen LogP contribution in [0.1, 0.15) is 55.5 Å². The van der Waals surface area contributed by atoms with Crippen molar-refractivity contribution in [2.75, 3.05) is 6.26 Å². The van der Waals surface area contributed by atoms with Crippen LogP contribution in [0.15, 0.2) is 75.6 Å². The smallest absolute Gasteiger partial charge is 0.268 e. The molecule has 1 aromatic heterocycles. The van der Waals surface area contributed by atoms with Crippen molar-refractivity contribution in [1.82, 2.24) is 8.69 Å². The largest absolute Gasteiger partial charge is 0.598 e. The highest BCUT2D eigenvalue weighted by atomic mass is 32.2. The molecule has 0 radical (unpaired) electrons. The van der Waals surface area contributed by atoms with Gasteiger partial charge in [0.15, 0.2) is 0 Å². The molecule has 0 saturated carbocycles. The molecule has 0 aliphatic carbocycles. The molecule has 4 aromatic rings. The van der Waals surface area contributed by atoms with Gasteiger partial charge >= 0.3 is 0 Å². The number of thioether (sulfide) groups is 1. The fourth-order valence-electron chi connectivity index (χ4n) is 5.33. The summed E-state index contributed by atoms with van der Waals surface area (Å²) < 4.78 is 45.8. The van der Waals surface area contributed by atoms with E-state index in [2.05, 4.69) is 10.8 Å². The first kappa shape index (κ1) is 30.4. The Hall–Kier alpha value is -3.07. The number of nitriles is 1. The van der Waals surface area contributed by atoms with E-state index >= 15 is 0 Å². The van der Waals surface area contributed by atoms with E-state index in [0.29, 0.717) is 17.5 Å². The maximum Gasteiger partial charge on any atom is 0.268 e. The molecule has 7 nitrogen and oxygen atoms in total. The second-order valence-electron chi connectivity index (χ2n) is 11.8. The van der Waals surface area contributed by atoms with Crippen LogP contribution in [0, 0.1) is 25.2 Å². The molecule has 0 saturated heterocycles. The van der Waals surface area contributed by atoms with Crippen molar-refractivity contribution in [3.63, 3.8) is 0 Å². The first-order valence-electron chi connectivity index (χ1n) is 13.5. The fourth-order valence-corrected chi connectivity index (χ4v) is 8.45. The molecule has 10 heteroatoms. The van der Waals surface area contributed by atoms with Gasteiger partial charge in [0.05, 0.1) is 33.4 Å². The van der Waals surface area contributed by atoms with Crippen molar-refractivity contribution < 1.29 is 13.0 Å². The number of nitrogens with one attached hydrogen (secondary N) is 1. The van der Waals surface area contributed by atoms with E-state index in [4.69, 9.17) is 4.99 Å². The van der Waals surface area contributed by atoms with E-state index in [1.54, 1.807) is 48.3 Å². The third-order valence-electron chi connectivity index (χ3n) is 7.64. The Morgan fingerprint density at radius 1 is 1.07 bits per heavy atom. The van der Waals surface area contributed by atoms with Crippen molar-refractivity contribution in [3.8, 4) is 6.07 Å². The number of hydrogen-bond donors (Lipinski definition) is 1. The summed E-state index contributed by atoms with van der Waals surface area (Å²) in [5.74, 6) is 0. The van der Waals surface area contributed by atoms with Crippen LogP contribution in [0.5, 0.6) is 0 Å². The zero-order valence-electron chi connectivity index (χ0n) is 24.8. The van der Waals surface area contributed by atoms with E-state index in [1.165, 1.54) is 3.97 Å². The molecule has 218 valence electrons. The van der Waals surface area contributed by atoms with Crippen molar-refractivity contribution in [1.29, 1.82) is 5.26 Å². The third kappa shape index (κ3) is 5.18. The zero-order chi connectivity index (χ0) is 30.6. The van der Waals surface area contributed by atoms with Gasteiger partial charge in [0, 0.05) is 39.8 Å². The van der Waals surface area contributed by atoms with Crippen LogP contribution >= 0.6 is 11.8 Å². The maximum absolute atomic E-state index is 13.9. The summed E-state index contributed by atoms with van der Waals surface area (Å²) in [5, 5.41) is 10.2. The summed E-state index contributed by atoms with van der Waals surface area (Å²) in [7, 11) is -3.89. The van der Waals surface area contributed by atoms with Gasteiger partial charge in [-0.05, 0) is 101 Å². The molecule has 1 aliphatic heterocycles. The number of aliphatic imine (C=N–C) groups is 1. The van der Waals surface area contributed by atoms with E-state index in [1.807, 2.05) is 72.1 Å². The van der Waals surface area contributed by atoms with Gasteiger partial charge in [-0.1, -0.05) is 17.7 Å². The second kappa shape index (κ2) is 10.9. The first-order valence-corrected chi connectivity index (χ1v) is 17.3. The maximum atomic E-state index is 13.9. The van der Waals surface area contributed by atoms with Crippen LogP contribution < -0.4 is 4.72 Å². The van der Waals surface area contributed by atoms with Crippen molar-refractivity contribution >= 4 is 55.4 Å².